The standard InChI is InChI=1S/C33H43N5O5S/c1-35-14-16-36(2)33(40)25-18-24-19-26(43-4)11-13-27(24)31-30(22-8-6-5-7-9-22)28-12-10-23(20-29(28)38(31)21-25)32(39)34-44(41,42)37(3)17-15-35/h10-13,18-20,22,24,27H,5-9,14-17,21H2,1-4H3,(H,34,39). The third-order valence-corrected chi connectivity index (χ3v) is 11.2. The maximum absolute atomic E-state index is 14.1. The molecule has 2 aliphatic carbocycles. The molecule has 4 aliphatic rings. The number of aromatic nitrogens is 1. The Morgan fingerprint density at radius 3 is 2.45 bits per heavy atom. The minimum atomic E-state index is -4.05. The molecular formula is C33H43N5O5S. The Bertz CT molecular complexity index is 1670. The first-order chi connectivity index (χ1) is 21.1. The number of hydrogen-bond acceptors (Lipinski definition) is 6. The first-order valence-corrected chi connectivity index (χ1v) is 17.0. The second-order valence-electron chi connectivity index (χ2n) is 12.7. The molecule has 2 amide bonds. The highest BCUT2D eigenvalue weighted by atomic mass is 32.2. The van der Waals surface area contributed by atoms with E-state index in [0.717, 1.165) is 33.8 Å². The highest BCUT2D eigenvalue weighted by Crippen LogP contribution is 2.47. The van der Waals surface area contributed by atoms with Crippen molar-refractivity contribution in [2.75, 3.05) is 54.4 Å². The average molecular weight is 622 g/mol. The fraction of sp³-hybridized carbons (Fsp3) is 0.515. The summed E-state index contributed by atoms with van der Waals surface area (Å²) in [4.78, 5) is 31.3. The molecule has 6 rings (SSSR count). The van der Waals surface area contributed by atoms with Crippen LogP contribution in [-0.2, 0) is 26.3 Å². The van der Waals surface area contributed by atoms with Gasteiger partial charge in [-0.3, -0.25) is 9.59 Å². The summed E-state index contributed by atoms with van der Waals surface area (Å²) in [6.45, 7) is 2.07. The van der Waals surface area contributed by atoms with E-state index in [-0.39, 0.29) is 29.9 Å². The molecule has 1 fully saturated rings. The van der Waals surface area contributed by atoms with Crippen molar-refractivity contribution in [3.05, 3.63) is 70.7 Å². The van der Waals surface area contributed by atoms with Crippen molar-refractivity contribution in [2.24, 2.45) is 5.92 Å². The summed E-state index contributed by atoms with van der Waals surface area (Å²) >= 11 is 0. The number of nitrogens with one attached hydrogen (secondary N) is 1. The number of methoxy groups -OCH3 is 1. The third-order valence-electron chi connectivity index (χ3n) is 9.80. The molecule has 0 radical (unpaired) electrons. The Morgan fingerprint density at radius 1 is 0.955 bits per heavy atom. The molecule has 1 saturated carbocycles. The molecule has 1 aromatic carbocycles. The zero-order chi connectivity index (χ0) is 31.2. The normalized spacial score (nSPS) is 25.8. The van der Waals surface area contributed by atoms with E-state index in [0.29, 0.717) is 37.7 Å². The summed E-state index contributed by atoms with van der Waals surface area (Å²) in [6.07, 6.45) is 14.2. The van der Waals surface area contributed by atoms with Crippen molar-refractivity contribution in [3.63, 3.8) is 0 Å². The van der Waals surface area contributed by atoms with Gasteiger partial charge in [0.15, 0.2) is 0 Å². The van der Waals surface area contributed by atoms with Gasteiger partial charge in [-0.15, -0.1) is 0 Å². The number of carbonyl (C=O) groups is 2. The molecule has 11 heteroatoms. The van der Waals surface area contributed by atoms with E-state index in [4.69, 9.17) is 4.74 Å². The van der Waals surface area contributed by atoms with E-state index in [1.165, 1.54) is 37.6 Å². The fourth-order valence-electron chi connectivity index (χ4n) is 7.18. The Morgan fingerprint density at radius 2 is 1.70 bits per heavy atom. The predicted molar refractivity (Wildman–Crippen MR) is 170 cm³/mol. The van der Waals surface area contributed by atoms with Crippen molar-refractivity contribution < 1.29 is 22.7 Å². The minimum Gasteiger partial charge on any atom is -0.497 e. The van der Waals surface area contributed by atoms with Crippen molar-refractivity contribution in [1.82, 2.24) is 23.4 Å². The van der Waals surface area contributed by atoms with Crippen LogP contribution in [0.2, 0.25) is 0 Å². The van der Waals surface area contributed by atoms with Crippen molar-refractivity contribution in [2.45, 2.75) is 50.5 Å². The Labute approximate surface area is 260 Å². The van der Waals surface area contributed by atoms with E-state index in [2.05, 4.69) is 27.5 Å². The van der Waals surface area contributed by atoms with Gasteiger partial charge in [-0.25, -0.2) is 4.72 Å². The lowest BCUT2D eigenvalue weighted by molar-refractivity contribution is -0.126. The Balaban J connectivity index is 1.57. The highest BCUT2D eigenvalue weighted by Gasteiger charge is 2.36. The molecule has 10 nitrogen and oxygen atoms in total. The van der Waals surface area contributed by atoms with Crippen LogP contribution in [0.15, 0.2) is 53.8 Å². The van der Waals surface area contributed by atoms with Crippen molar-refractivity contribution in [3.8, 4) is 0 Å². The number of hydrogen-bond donors (Lipinski definition) is 1. The summed E-state index contributed by atoms with van der Waals surface area (Å²) in [7, 11) is 2.80. The molecule has 1 aromatic heterocycles. The number of likely N-dealkylation sites (N-methyl/N-ethyl adjacent to an activating group) is 3. The lowest BCUT2D eigenvalue weighted by Crippen LogP contribution is -2.44. The number of allylic oxidation sites excluding steroid dienone is 4. The maximum Gasteiger partial charge on any atom is 0.303 e. The molecule has 1 N–H and O–H groups in total. The SMILES string of the molecule is COC1=CC2C=C3Cn4c(c(C5CCCCC5)c5ccc(cc54)C(=O)NS(=O)(=O)N(C)CCN(C)CCN(C)C3=O)C2C=C1. The molecule has 2 aromatic rings. The Kier molecular flexibility index (Phi) is 8.47. The first-order valence-electron chi connectivity index (χ1n) is 15.6. The summed E-state index contributed by atoms with van der Waals surface area (Å²) in [6, 6.07) is 5.51. The van der Waals surface area contributed by atoms with Gasteiger partial charge in [0.05, 0.1) is 13.7 Å². The predicted octanol–water partition coefficient (Wildman–Crippen LogP) is 3.74. The van der Waals surface area contributed by atoms with E-state index in [9.17, 15) is 18.0 Å². The molecule has 2 atom stereocenters. The van der Waals surface area contributed by atoms with Gasteiger partial charge in [0.2, 0.25) is 0 Å². The second kappa shape index (κ2) is 12.2. The number of benzene rings is 1. The maximum atomic E-state index is 14.1. The van der Waals surface area contributed by atoms with Crippen LogP contribution in [-0.4, -0.2) is 93.3 Å². The minimum absolute atomic E-state index is 0.0168. The number of ether oxygens (including phenoxy) is 1. The van der Waals surface area contributed by atoms with Crippen molar-refractivity contribution >= 4 is 32.9 Å². The molecule has 44 heavy (non-hydrogen) atoms. The lowest BCUT2D eigenvalue weighted by Gasteiger charge is -2.28. The molecule has 0 saturated heterocycles. The molecule has 4 bridgehead atoms. The topological polar surface area (TPSA) is 104 Å². The van der Waals surface area contributed by atoms with Crippen LogP contribution in [0.1, 0.15) is 65.6 Å². The molecule has 236 valence electrons. The summed E-state index contributed by atoms with van der Waals surface area (Å²) in [5, 5.41) is 1.07. The van der Waals surface area contributed by atoms with Crippen LogP contribution in [0.3, 0.4) is 0 Å². The van der Waals surface area contributed by atoms with Gasteiger partial charge in [-0.1, -0.05) is 37.5 Å². The van der Waals surface area contributed by atoms with Gasteiger partial charge < -0.3 is 19.1 Å². The van der Waals surface area contributed by atoms with Crippen LogP contribution in [0.4, 0.5) is 0 Å². The van der Waals surface area contributed by atoms with Crippen LogP contribution in [0.25, 0.3) is 10.9 Å². The van der Waals surface area contributed by atoms with Crippen LogP contribution in [0.5, 0.6) is 0 Å². The van der Waals surface area contributed by atoms with Gasteiger partial charge in [-0.2, -0.15) is 12.7 Å². The molecule has 3 heterocycles. The second-order valence-corrected chi connectivity index (χ2v) is 14.4. The monoisotopic (exact) mass is 621 g/mol. The van der Waals surface area contributed by atoms with Crippen molar-refractivity contribution in [1.29, 1.82) is 0 Å². The summed E-state index contributed by atoms with van der Waals surface area (Å²) < 4.78 is 37.5. The van der Waals surface area contributed by atoms with Crippen LogP contribution in [0, 0.1) is 5.92 Å². The zero-order valence-electron chi connectivity index (χ0n) is 26.1. The number of rotatable bonds is 2. The van der Waals surface area contributed by atoms with E-state index in [1.54, 1.807) is 24.1 Å². The largest absolute Gasteiger partial charge is 0.497 e. The van der Waals surface area contributed by atoms with Crippen LogP contribution < -0.4 is 4.72 Å². The van der Waals surface area contributed by atoms with Gasteiger partial charge >= 0.3 is 10.2 Å². The zero-order valence-corrected chi connectivity index (χ0v) is 26.9. The van der Waals surface area contributed by atoms with Gasteiger partial charge in [-0.05, 0) is 55.7 Å². The van der Waals surface area contributed by atoms with E-state index >= 15 is 0 Å². The lowest BCUT2D eigenvalue weighted by atomic mass is 9.77. The first kappa shape index (κ1) is 30.6. The highest BCUT2D eigenvalue weighted by molar-refractivity contribution is 7.87. The number of nitrogens with zero attached hydrogens (tertiary/aromatic N) is 4. The average Bonchev–Trinajstić information content (AvgIpc) is 3.23. The van der Waals surface area contributed by atoms with Gasteiger partial charge in [0.1, 0.15) is 5.76 Å². The molecule has 2 aliphatic heterocycles. The number of amides is 2. The molecular weight excluding hydrogens is 578 g/mol. The Hall–Kier alpha value is -3.41. The van der Waals surface area contributed by atoms with E-state index < -0.39 is 16.1 Å². The summed E-state index contributed by atoms with van der Waals surface area (Å²) in [5.41, 5.74) is 4.27. The third kappa shape index (κ3) is 5.73. The fourth-order valence-corrected chi connectivity index (χ4v) is 8.01. The quantitative estimate of drug-likeness (QED) is 0.548. The number of fused-ring (bicyclic) bond motifs is 4. The smallest absolute Gasteiger partial charge is 0.303 e. The number of carbonyl (C=O) groups excluding carboxylic acids is 2. The van der Waals surface area contributed by atoms with Crippen LogP contribution >= 0.6 is 0 Å². The summed E-state index contributed by atoms with van der Waals surface area (Å²) in [5.74, 6) is 0.336. The molecule has 0 spiro atoms. The van der Waals surface area contributed by atoms with Gasteiger partial charge in [0, 0.05) is 79.8 Å². The molecule has 2 unspecified atom stereocenters. The van der Waals surface area contributed by atoms with Gasteiger partial charge in [0.25, 0.3) is 11.8 Å². The van der Waals surface area contributed by atoms with E-state index in [1.807, 2.05) is 31.1 Å².